The molecule has 0 amide bonds. The van der Waals surface area contributed by atoms with Crippen LogP contribution in [0.15, 0.2) is 18.2 Å². The van der Waals surface area contributed by atoms with Crippen LogP contribution in [0.25, 0.3) is 0 Å². The second kappa shape index (κ2) is 4.01. The molecule has 16 heavy (non-hydrogen) atoms. The van der Waals surface area contributed by atoms with E-state index in [-0.39, 0.29) is 35.8 Å². The number of fused-ring (bicyclic) bond motifs is 1. The molecule has 1 atom stereocenters. The van der Waals surface area contributed by atoms with Crippen LogP contribution in [0.5, 0.6) is 5.75 Å². The average molecular weight is 223 g/mol. The first-order valence-corrected chi connectivity index (χ1v) is 4.63. The highest BCUT2D eigenvalue weighted by molar-refractivity contribution is 6.11. The number of Topliss-reactive ketones (excluding diaryl/α,β-unsaturated/α-hetero) is 2. The van der Waals surface area contributed by atoms with E-state index in [1.807, 2.05) is 0 Å². The van der Waals surface area contributed by atoms with Crippen molar-refractivity contribution in [3.05, 3.63) is 29.0 Å². The van der Waals surface area contributed by atoms with Crippen molar-refractivity contribution in [2.24, 2.45) is 0 Å². The van der Waals surface area contributed by atoms with Crippen molar-refractivity contribution in [2.45, 2.75) is 6.42 Å². The molecule has 0 spiro atoms. The van der Waals surface area contributed by atoms with E-state index in [2.05, 4.69) is 0 Å². The van der Waals surface area contributed by atoms with Gasteiger partial charge >= 0.3 is 0 Å². The summed E-state index contributed by atoms with van der Waals surface area (Å²) in [5, 5.41) is 18.4. The summed E-state index contributed by atoms with van der Waals surface area (Å²) in [7, 11) is 0. The highest BCUT2D eigenvalue weighted by atomic mass is 16.8. The first kappa shape index (κ1) is 10.7. The van der Waals surface area contributed by atoms with Gasteiger partial charge in [-0.25, -0.2) is 5.21 Å². The van der Waals surface area contributed by atoms with E-state index >= 15 is 0 Å². The third kappa shape index (κ3) is 1.94. The Labute approximate surface area is 90.6 Å². The third-order valence-corrected chi connectivity index (χ3v) is 2.27. The Hall–Kier alpha value is -1.76. The van der Waals surface area contributed by atoms with Crippen molar-refractivity contribution in [3.63, 3.8) is 0 Å². The smallest absolute Gasteiger partial charge is 0.177 e. The van der Waals surface area contributed by atoms with Crippen molar-refractivity contribution < 1.29 is 24.8 Å². The molecule has 2 rings (SSSR count). The number of hydrogen-bond acceptors (Lipinski definition) is 5. The summed E-state index contributed by atoms with van der Waals surface area (Å²) in [6.45, 7) is -0.148. The van der Waals surface area contributed by atoms with Crippen LogP contribution in [0.2, 0.25) is 0 Å². The highest BCUT2D eigenvalue weighted by Gasteiger charge is 2.22. The Morgan fingerprint density at radius 3 is 2.81 bits per heavy atom. The topological polar surface area (TPSA) is 91.1 Å². The summed E-state index contributed by atoms with van der Waals surface area (Å²) in [5.41, 5.74) is 0.163. The molecule has 1 aliphatic heterocycles. The van der Waals surface area contributed by atoms with Gasteiger partial charge in [-0.3, -0.25) is 9.59 Å². The molecular weight excluding hydrogens is 214 g/mol. The second-order valence-corrected chi connectivity index (χ2v) is 3.44. The molecule has 1 aromatic rings. The van der Waals surface area contributed by atoms with Gasteiger partial charge in [0.2, 0.25) is 0 Å². The minimum absolute atomic E-state index is 0.00467. The van der Waals surface area contributed by atoms with E-state index in [4.69, 9.17) is 9.94 Å². The molecule has 0 aromatic heterocycles. The fraction of sp³-hybridized carbons (Fsp3) is 0.200. The highest BCUT2D eigenvalue weighted by Crippen LogP contribution is 2.25. The lowest BCUT2D eigenvalue weighted by molar-refractivity contribution is -0.991. The van der Waals surface area contributed by atoms with Crippen LogP contribution in [-0.2, 0) is 4.79 Å². The monoisotopic (exact) mass is 223 g/mol. The Morgan fingerprint density at radius 1 is 1.38 bits per heavy atom. The van der Waals surface area contributed by atoms with Crippen molar-refractivity contribution >= 4 is 17.3 Å². The number of carbonyl (C=O) groups excluding carboxylic acids is 2. The summed E-state index contributed by atoms with van der Waals surface area (Å²) in [6, 6.07) is 3.97. The van der Waals surface area contributed by atoms with Crippen LogP contribution < -0.4 is 9.96 Å². The van der Waals surface area contributed by atoms with E-state index in [9.17, 15) is 14.8 Å². The Balaban J connectivity index is 2.45. The number of rotatable bonds is 1. The van der Waals surface area contributed by atoms with Crippen LogP contribution in [-0.4, -0.2) is 23.4 Å². The fourth-order valence-electron chi connectivity index (χ4n) is 1.49. The zero-order valence-electron chi connectivity index (χ0n) is 8.23. The molecule has 1 unspecified atom stereocenters. The van der Waals surface area contributed by atoms with E-state index < -0.39 is 11.0 Å². The van der Waals surface area contributed by atoms with Crippen LogP contribution in [0.4, 0.5) is 5.69 Å². The molecular formula is C10H9NO5. The Bertz CT molecular complexity index is 455. The maximum Gasteiger partial charge on any atom is 0.177 e. The van der Waals surface area contributed by atoms with Crippen molar-refractivity contribution in [2.75, 3.05) is 6.61 Å². The number of hydrogen-bond donors (Lipinski definition) is 2. The molecule has 0 saturated carbocycles. The molecule has 1 aromatic carbocycles. The largest absolute Gasteiger partial charge is 0.595 e. The third-order valence-electron chi connectivity index (χ3n) is 2.27. The van der Waals surface area contributed by atoms with Gasteiger partial charge in [0, 0.05) is 12.1 Å². The SMILES string of the molecule is O=C1COc2ccc([NH+]([O-])O)cc2C(=O)C1. The van der Waals surface area contributed by atoms with Gasteiger partial charge in [-0.1, -0.05) is 0 Å². The van der Waals surface area contributed by atoms with E-state index in [1.54, 1.807) is 0 Å². The molecule has 0 radical (unpaired) electrons. The number of ether oxygens (including phenoxy) is 1. The molecule has 84 valence electrons. The van der Waals surface area contributed by atoms with Gasteiger partial charge in [0.05, 0.1) is 12.0 Å². The fourth-order valence-corrected chi connectivity index (χ4v) is 1.49. The number of carbonyl (C=O) groups is 2. The van der Waals surface area contributed by atoms with Crippen LogP contribution in [0.1, 0.15) is 16.8 Å². The van der Waals surface area contributed by atoms with Crippen LogP contribution in [0, 0.1) is 5.21 Å². The summed E-state index contributed by atoms with van der Waals surface area (Å²) < 4.78 is 5.10. The number of ketones is 2. The number of quaternary nitrogens is 1. The number of benzene rings is 1. The van der Waals surface area contributed by atoms with Crippen molar-refractivity contribution in [3.8, 4) is 5.75 Å². The van der Waals surface area contributed by atoms with Gasteiger partial charge in [-0.05, 0) is 6.07 Å². The molecule has 2 N–H and O–H groups in total. The van der Waals surface area contributed by atoms with Crippen molar-refractivity contribution in [1.29, 1.82) is 0 Å². The Kier molecular flexibility index (Phi) is 2.69. The predicted octanol–water partition coefficient (Wildman–Crippen LogP) is -0.376. The first-order valence-electron chi connectivity index (χ1n) is 4.63. The van der Waals surface area contributed by atoms with Crippen LogP contribution in [0.3, 0.4) is 0 Å². The molecule has 6 nitrogen and oxygen atoms in total. The standard InChI is InChI=1S/C10H9NO5/c12-7-4-9(13)8-3-6(11(14)15)1-2-10(8)16-5-7/h1-3,11,14H,4-5H2. The van der Waals surface area contributed by atoms with E-state index in [1.165, 1.54) is 18.2 Å². The number of nitrogens with one attached hydrogen (secondary N) is 1. The molecule has 0 aliphatic carbocycles. The molecule has 6 heteroatoms. The predicted molar refractivity (Wildman–Crippen MR) is 51.7 cm³/mol. The maximum atomic E-state index is 11.6. The lowest BCUT2D eigenvalue weighted by Gasteiger charge is -2.13. The molecule has 0 saturated heterocycles. The minimum Gasteiger partial charge on any atom is -0.595 e. The molecule has 0 bridgehead atoms. The Morgan fingerprint density at radius 2 is 2.12 bits per heavy atom. The van der Waals surface area contributed by atoms with Gasteiger partial charge < -0.3 is 9.94 Å². The van der Waals surface area contributed by atoms with Gasteiger partial charge in [0.25, 0.3) is 0 Å². The first-order chi connectivity index (χ1) is 7.58. The van der Waals surface area contributed by atoms with E-state index in [0.29, 0.717) is 0 Å². The lowest BCUT2D eigenvalue weighted by Crippen LogP contribution is -2.99. The van der Waals surface area contributed by atoms with Gasteiger partial charge in [0.15, 0.2) is 17.3 Å². The summed E-state index contributed by atoms with van der Waals surface area (Å²) in [4.78, 5) is 22.7. The average Bonchev–Trinajstić information content (AvgIpc) is 2.38. The van der Waals surface area contributed by atoms with E-state index in [0.717, 1.165) is 0 Å². The zero-order valence-corrected chi connectivity index (χ0v) is 8.23. The quantitative estimate of drug-likeness (QED) is 0.500. The summed E-state index contributed by atoms with van der Waals surface area (Å²) in [6.07, 6.45) is -0.240. The minimum atomic E-state index is -1.12. The lowest BCUT2D eigenvalue weighted by atomic mass is 10.1. The van der Waals surface area contributed by atoms with Gasteiger partial charge in [-0.2, -0.15) is 5.23 Å². The van der Waals surface area contributed by atoms with Gasteiger partial charge in [0.1, 0.15) is 12.4 Å². The second-order valence-electron chi connectivity index (χ2n) is 3.44. The van der Waals surface area contributed by atoms with Gasteiger partial charge in [-0.15, -0.1) is 0 Å². The zero-order chi connectivity index (χ0) is 11.7. The molecule has 1 heterocycles. The molecule has 0 fully saturated rings. The normalized spacial score (nSPS) is 17.4. The summed E-state index contributed by atoms with van der Waals surface area (Å²) >= 11 is 0. The van der Waals surface area contributed by atoms with Crippen molar-refractivity contribution in [1.82, 2.24) is 0 Å². The summed E-state index contributed by atoms with van der Waals surface area (Å²) in [5.74, 6) is -0.445. The van der Waals surface area contributed by atoms with Crippen LogP contribution >= 0.6 is 0 Å². The molecule has 1 aliphatic rings. The maximum absolute atomic E-state index is 11.6.